The molecule has 2 N–H and O–H groups in total. The van der Waals surface area contributed by atoms with E-state index >= 15 is 0 Å². The summed E-state index contributed by atoms with van der Waals surface area (Å²) in [5.41, 5.74) is 2.06. The fourth-order valence-corrected chi connectivity index (χ4v) is 4.02. The topological polar surface area (TPSA) is 91.4 Å². The maximum absolute atomic E-state index is 12.8. The smallest absolute Gasteiger partial charge is 0.283 e. The van der Waals surface area contributed by atoms with Gasteiger partial charge in [-0.25, -0.2) is 9.88 Å². The summed E-state index contributed by atoms with van der Waals surface area (Å²) in [5.74, 6) is -1.51. The Morgan fingerprint density at radius 2 is 1.77 bits per heavy atom. The molecule has 7 nitrogen and oxygen atoms in total. The highest BCUT2D eigenvalue weighted by molar-refractivity contribution is 7.15. The number of halogens is 1. The molecule has 0 radical (unpaired) electrons. The van der Waals surface area contributed by atoms with Crippen molar-refractivity contribution >= 4 is 57.2 Å². The number of nitrogens with zero attached hydrogens (tertiary/aromatic N) is 2. The highest BCUT2D eigenvalue weighted by Crippen LogP contribution is 2.30. The Balaban J connectivity index is 1.54. The lowest BCUT2D eigenvalue weighted by Gasteiger charge is -2.15. The number of benzene rings is 2. The lowest BCUT2D eigenvalue weighted by atomic mass is 10.2. The van der Waals surface area contributed by atoms with Crippen molar-refractivity contribution in [2.75, 3.05) is 15.5 Å². The molecule has 4 rings (SSSR count). The van der Waals surface area contributed by atoms with Gasteiger partial charge in [-0.3, -0.25) is 19.7 Å². The van der Waals surface area contributed by atoms with Gasteiger partial charge >= 0.3 is 0 Å². The van der Waals surface area contributed by atoms with Crippen molar-refractivity contribution in [2.24, 2.45) is 0 Å². The van der Waals surface area contributed by atoms with Crippen LogP contribution in [0.3, 0.4) is 0 Å². The number of para-hydroxylation sites is 1. The summed E-state index contributed by atoms with van der Waals surface area (Å²) in [6.45, 7) is 3.81. The van der Waals surface area contributed by atoms with Gasteiger partial charge in [-0.1, -0.05) is 35.9 Å². The van der Waals surface area contributed by atoms with Crippen molar-refractivity contribution in [1.29, 1.82) is 0 Å². The predicted octanol–water partition coefficient (Wildman–Crippen LogP) is 4.45. The molecule has 0 bridgehead atoms. The number of hydrogen-bond acceptors (Lipinski definition) is 6. The van der Waals surface area contributed by atoms with Crippen molar-refractivity contribution < 1.29 is 14.4 Å². The van der Waals surface area contributed by atoms with Crippen LogP contribution in [0.15, 0.2) is 65.3 Å². The molecule has 0 atom stereocenters. The third-order valence-corrected chi connectivity index (χ3v) is 6.02. The number of aromatic nitrogens is 1. The largest absolute Gasteiger partial charge is 0.350 e. The first-order valence-electron chi connectivity index (χ1n) is 9.31. The van der Waals surface area contributed by atoms with Crippen LogP contribution in [-0.2, 0) is 9.59 Å². The van der Waals surface area contributed by atoms with Crippen molar-refractivity contribution in [3.8, 4) is 0 Å². The Morgan fingerprint density at radius 1 is 1.03 bits per heavy atom. The second-order valence-electron chi connectivity index (χ2n) is 6.79. The number of rotatable bonds is 5. The van der Waals surface area contributed by atoms with Crippen LogP contribution in [0.1, 0.15) is 20.9 Å². The summed E-state index contributed by atoms with van der Waals surface area (Å²) in [5, 5.41) is 5.96. The second kappa shape index (κ2) is 8.33. The fraction of sp³-hybridized carbons (Fsp3) is 0.0909. The quantitative estimate of drug-likeness (QED) is 0.558. The van der Waals surface area contributed by atoms with Gasteiger partial charge in [-0.2, -0.15) is 0 Å². The van der Waals surface area contributed by atoms with Gasteiger partial charge in [0.15, 0.2) is 5.13 Å². The molecule has 1 aromatic heterocycles. The van der Waals surface area contributed by atoms with Crippen LogP contribution in [0.4, 0.5) is 16.5 Å². The molecule has 1 aliphatic heterocycles. The van der Waals surface area contributed by atoms with Gasteiger partial charge in [-0.15, -0.1) is 11.3 Å². The molecule has 0 saturated carbocycles. The van der Waals surface area contributed by atoms with Gasteiger partial charge < -0.3 is 5.32 Å². The lowest BCUT2D eigenvalue weighted by molar-refractivity contribution is -0.120. The Bertz CT molecular complexity index is 1220. The van der Waals surface area contributed by atoms with E-state index in [1.165, 1.54) is 11.3 Å². The van der Waals surface area contributed by atoms with Crippen LogP contribution in [-0.4, -0.2) is 22.7 Å². The third-order valence-electron chi connectivity index (χ3n) is 4.68. The first-order chi connectivity index (χ1) is 14.8. The van der Waals surface area contributed by atoms with E-state index in [9.17, 15) is 14.4 Å². The van der Waals surface area contributed by atoms with E-state index in [1.54, 1.807) is 54.6 Å². The molecule has 1 aliphatic rings. The van der Waals surface area contributed by atoms with Crippen LogP contribution in [0.25, 0.3) is 0 Å². The minimum Gasteiger partial charge on any atom is -0.350 e. The number of hydrogen-bond donors (Lipinski definition) is 2. The van der Waals surface area contributed by atoms with Gasteiger partial charge in [-0.05, 0) is 44.2 Å². The van der Waals surface area contributed by atoms with E-state index in [1.807, 2.05) is 13.8 Å². The lowest BCUT2D eigenvalue weighted by Crippen LogP contribution is -2.32. The highest BCUT2D eigenvalue weighted by atomic mass is 35.5. The van der Waals surface area contributed by atoms with Crippen LogP contribution < -0.4 is 15.5 Å². The molecule has 0 aliphatic carbocycles. The zero-order valence-electron chi connectivity index (χ0n) is 16.6. The number of amides is 3. The van der Waals surface area contributed by atoms with Crippen molar-refractivity contribution in [2.45, 2.75) is 13.8 Å². The summed E-state index contributed by atoms with van der Waals surface area (Å²) in [6, 6.07) is 15.1. The van der Waals surface area contributed by atoms with Crippen LogP contribution in [0.5, 0.6) is 0 Å². The van der Waals surface area contributed by atoms with Crippen molar-refractivity contribution in [3.05, 3.63) is 81.5 Å². The summed E-state index contributed by atoms with van der Waals surface area (Å²) in [4.78, 5) is 44.3. The van der Waals surface area contributed by atoms with E-state index in [0.29, 0.717) is 22.1 Å². The van der Waals surface area contributed by atoms with Gasteiger partial charge in [0, 0.05) is 16.1 Å². The highest BCUT2D eigenvalue weighted by Gasteiger charge is 2.38. The molecule has 31 heavy (non-hydrogen) atoms. The zero-order valence-corrected chi connectivity index (χ0v) is 18.2. The molecule has 2 heterocycles. The normalized spacial score (nSPS) is 13.7. The number of carbonyl (C=O) groups is 3. The molecule has 3 aromatic rings. The number of thiazole rings is 1. The molecule has 3 amide bonds. The summed E-state index contributed by atoms with van der Waals surface area (Å²) >= 11 is 7.56. The standard InChI is InChI=1S/C22H17ClN4O3S/c1-12-13(2)31-22(24-12)26-19(28)14-7-6-8-15(11-14)25-18-17(23)20(29)27(21(18)30)16-9-4-3-5-10-16/h3-11,25H,1-2H3,(H,24,26,28). The third kappa shape index (κ3) is 4.08. The molecule has 156 valence electrons. The average molecular weight is 453 g/mol. The minimum absolute atomic E-state index is 0.0424. The second-order valence-corrected chi connectivity index (χ2v) is 8.37. The fourth-order valence-electron chi connectivity index (χ4n) is 3.00. The molecule has 0 fully saturated rings. The Morgan fingerprint density at radius 3 is 2.45 bits per heavy atom. The first-order valence-corrected chi connectivity index (χ1v) is 10.5. The number of carbonyl (C=O) groups excluding carboxylic acids is 3. The Labute approximate surface area is 187 Å². The van der Waals surface area contributed by atoms with Crippen LogP contribution >= 0.6 is 22.9 Å². The Hall–Kier alpha value is -3.49. The first kappa shape index (κ1) is 20.8. The molecule has 9 heteroatoms. The molecular formula is C22H17ClN4O3S. The monoisotopic (exact) mass is 452 g/mol. The number of aryl methyl sites for hydroxylation is 2. The SMILES string of the molecule is Cc1nc(NC(=O)c2cccc(NC3=C(Cl)C(=O)N(c4ccccc4)C3=O)c2)sc1C. The van der Waals surface area contributed by atoms with Gasteiger partial charge in [0.05, 0.1) is 11.4 Å². The molecular weight excluding hydrogens is 436 g/mol. The number of anilines is 3. The zero-order chi connectivity index (χ0) is 22.1. The van der Waals surface area contributed by atoms with E-state index in [0.717, 1.165) is 15.5 Å². The van der Waals surface area contributed by atoms with E-state index in [-0.39, 0.29) is 16.6 Å². The van der Waals surface area contributed by atoms with E-state index in [2.05, 4.69) is 15.6 Å². The van der Waals surface area contributed by atoms with Crippen LogP contribution in [0.2, 0.25) is 0 Å². The van der Waals surface area contributed by atoms with Crippen LogP contribution in [0, 0.1) is 13.8 Å². The number of imide groups is 1. The van der Waals surface area contributed by atoms with Crippen molar-refractivity contribution in [3.63, 3.8) is 0 Å². The Kier molecular flexibility index (Phi) is 5.58. The molecule has 0 unspecified atom stereocenters. The summed E-state index contributed by atoms with van der Waals surface area (Å²) < 4.78 is 0. The maximum atomic E-state index is 12.8. The minimum atomic E-state index is -0.608. The van der Waals surface area contributed by atoms with Gasteiger partial charge in [0.2, 0.25) is 0 Å². The van der Waals surface area contributed by atoms with Crippen molar-refractivity contribution in [1.82, 2.24) is 4.98 Å². The predicted molar refractivity (Wildman–Crippen MR) is 121 cm³/mol. The summed E-state index contributed by atoms with van der Waals surface area (Å²) in [6.07, 6.45) is 0. The van der Waals surface area contributed by atoms with E-state index < -0.39 is 11.8 Å². The van der Waals surface area contributed by atoms with Gasteiger partial charge in [0.25, 0.3) is 17.7 Å². The van der Waals surface area contributed by atoms with Gasteiger partial charge in [0.1, 0.15) is 10.7 Å². The van der Waals surface area contributed by atoms with E-state index in [4.69, 9.17) is 11.6 Å². The molecule has 0 spiro atoms. The molecule has 2 aromatic carbocycles. The maximum Gasteiger partial charge on any atom is 0.283 e. The molecule has 0 saturated heterocycles. The average Bonchev–Trinajstić information content (AvgIpc) is 3.18. The summed E-state index contributed by atoms with van der Waals surface area (Å²) in [7, 11) is 0. The number of nitrogens with one attached hydrogen (secondary N) is 2.